The molecule has 0 aromatic heterocycles. The molecule has 2 fully saturated rings. The van der Waals surface area contributed by atoms with Crippen LogP contribution in [0.4, 0.5) is 0 Å². The summed E-state index contributed by atoms with van der Waals surface area (Å²) < 4.78 is 0. The van der Waals surface area contributed by atoms with E-state index in [0.717, 1.165) is 24.6 Å². The van der Waals surface area contributed by atoms with Crippen LogP contribution < -0.4 is 5.43 Å². The highest BCUT2D eigenvalue weighted by Crippen LogP contribution is 2.15. The number of piperazine rings is 1. The maximum absolute atomic E-state index is 12.1. The second-order valence-electron chi connectivity index (χ2n) is 4.95. The van der Waals surface area contributed by atoms with Gasteiger partial charge in [-0.05, 0) is 6.54 Å². The molecular formula is C12H20N4O3. The lowest BCUT2D eigenvalue weighted by Crippen LogP contribution is -2.49. The minimum atomic E-state index is -0.860. The summed E-state index contributed by atoms with van der Waals surface area (Å²) in [5, 5.41) is 1.15. The number of hydrogen-bond acceptors (Lipinski definition) is 4. The van der Waals surface area contributed by atoms with E-state index < -0.39 is 5.92 Å². The van der Waals surface area contributed by atoms with Crippen molar-refractivity contribution in [1.82, 2.24) is 20.2 Å². The molecule has 2 saturated heterocycles. The van der Waals surface area contributed by atoms with Crippen LogP contribution in [0.15, 0.2) is 0 Å². The van der Waals surface area contributed by atoms with Gasteiger partial charge in [0.15, 0.2) is 0 Å². The van der Waals surface area contributed by atoms with E-state index in [4.69, 9.17) is 0 Å². The Morgan fingerprint density at radius 2 is 1.89 bits per heavy atom. The number of carbonyl (C=O) groups excluding carboxylic acids is 3. The van der Waals surface area contributed by atoms with E-state index in [1.807, 2.05) is 0 Å². The van der Waals surface area contributed by atoms with E-state index in [2.05, 4.69) is 17.2 Å². The monoisotopic (exact) mass is 268 g/mol. The average molecular weight is 268 g/mol. The normalized spacial score (nSPS) is 24.8. The number of nitrogens with zero attached hydrogens (tertiary/aromatic N) is 3. The highest BCUT2D eigenvalue weighted by Gasteiger charge is 2.39. The largest absolute Gasteiger partial charge is 0.340 e. The Morgan fingerprint density at radius 3 is 2.37 bits per heavy atom. The molecule has 0 bridgehead atoms. The van der Waals surface area contributed by atoms with Gasteiger partial charge in [0.2, 0.25) is 5.91 Å². The van der Waals surface area contributed by atoms with Crippen molar-refractivity contribution in [3.8, 4) is 0 Å². The van der Waals surface area contributed by atoms with E-state index in [-0.39, 0.29) is 24.1 Å². The topological polar surface area (TPSA) is 73.0 Å². The van der Waals surface area contributed by atoms with Crippen LogP contribution >= 0.6 is 0 Å². The first kappa shape index (κ1) is 13.8. The summed E-state index contributed by atoms with van der Waals surface area (Å²) in [6.45, 7) is 6.13. The highest BCUT2D eigenvalue weighted by molar-refractivity contribution is 6.07. The molecular weight excluding hydrogens is 248 g/mol. The van der Waals surface area contributed by atoms with Gasteiger partial charge in [-0.3, -0.25) is 24.8 Å². The predicted octanol–water partition coefficient (Wildman–Crippen LogP) is -1.34. The molecule has 0 spiro atoms. The smallest absolute Gasteiger partial charge is 0.253 e. The third-order valence-corrected chi connectivity index (χ3v) is 3.77. The van der Waals surface area contributed by atoms with Gasteiger partial charge in [-0.25, -0.2) is 0 Å². The number of carbonyl (C=O) groups is 3. The van der Waals surface area contributed by atoms with E-state index in [1.54, 1.807) is 4.90 Å². The first-order valence-corrected chi connectivity index (χ1v) is 6.61. The van der Waals surface area contributed by atoms with Gasteiger partial charge in [0.1, 0.15) is 5.92 Å². The van der Waals surface area contributed by atoms with Crippen molar-refractivity contribution in [1.29, 1.82) is 0 Å². The van der Waals surface area contributed by atoms with Crippen LogP contribution in [0.1, 0.15) is 13.3 Å². The van der Waals surface area contributed by atoms with Crippen LogP contribution in [-0.4, -0.2) is 72.3 Å². The summed E-state index contributed by atoms with van der Waals surface area (Å²) in [4.78, 5) is 39.4. The molecule has 7 nitrogen and oxygen atoms in total. The van der Waals surface area contributed by atoms with E-state index in [9.17, 15) is 14.4 Å². The van der Waals surface area contributed by atoms with Gasteiger partial charge in [-0.2, -0.15) is 0 Å². The molecule has 2 rings (SSSR count). The van der Waals surface area contributed by atoms with Crippen molar-refractivity contribution in [2.24, 2.45) is 5.92 Å². The molecule has 1 unspecified atom stereocenters. The molecule has 0 aromatic carbocycles. The number of hydrazine groups is 1. The summed E-state index contributed by atoms with van der Waals surface area (Å²) in [5.41, 5.74) is 2.41. The fraction of sp³-hybridized carbons (Fsp3) is 0.750. The Hall–Kier alpha value is -1.63. The predicted molar refractivity (Wildman–Crippen MR) is 67.7 cm³/mol. The van der Waals surface area contributed by atoms with Crippen LogP contribution in [0.2, 0.25) is 0 Å². The summed E-state index contributed by atoms with van der Waals surface area (Å²) in [5.74, 6) is -1.68. The minimum Gasteiger partial charge on any atom is -0.340 e. The number of amides is 3. The molecule has 0 saturated carbocycles. The van der Waals surface area contributed by atoms with Gasteiger partial charge >= 0.3 is 0 Å². The second kappa shape index (κ2) is 5.56. The van der Waals surface area contributed by atoms with Gasteiger partial charge in [-0.15, -0.1) is 0 Å². The van der Waals surface area contributed by atoms with Gasteiger partial charge < -0.3 is 9.80 Å². The molecule has 3 amide bonds. The fourth-order valence-electron chi connectivity index (χ4n) is 2.44. The standard InChI is InChI=1S/C12H20N4O3/c1-3-15-4-6-16(7-5-15)10(17)8-9-11(18)13-14(2)12(9)19/h9H,3-8H2,1-2H3,(H,13,18). The maximum Gasteiger partial charge on any atom is 0.253 e. The van der Waals surface area contributed by atoms with Gasteiger partial charge in [0, 0.05) is 39.6 Å². The van der Waals surface area contributed by atoms with Gasteiger partial charge in [-0.1, -0.05) is 6.92 Å². The summed E-state index contributed by atoms with van der Waals surface area (Å²) >= 11 is 0. The molecule has 2 heterocycles. The molecule has 0 radical (unpaired) electrons. The fourth-order valence-corrected chi connectivity index (χ4v) is 2.44. The van der Waals surface area contributed by atoms with Crippen LogP contribution in [-0.2, 0) is 14.4 Å². The molecule has 0 aliphatic carbocycles. The van der Waals surface area contributed by atoms with Crippen LogP contribution in [0.3, 0.4) is 0 Å². The van der Waals surface area contributed by atoms with Crippen molar-refractivity contribution in [2.45, 2.75) is 13.3 Å². The number of rotatable bonds is 3. The van der Waals surface area contributed by atoms with Crippen LogP contribution in [0, 0.1) is 5.92 Å². The first-order chi connectivity index (χ1) is 9.02. The van der Waals surface area contributed by atoms with Crippen molar-refractivity contribution < 1.29 is 14.4 Å². The third kappa shape index (κ3) is 2.86. The Labute approximate surface area is 112 Å². The molecule has 2 aliphatic heterocycles. The lowest BCUT2D eigenvalue weighted by atomic mass is 10.0. The maximum atomic E-state index is 12.1. The van der Waals surface area contributed by atoms with E-state index in [1.165, 1.54) is 7.05 Å². The average Bonchev–Trinajstić information content (AvgIpc) is 2.65. The second-order valence-corrected chi connectivity index (χ2v) is 4.95. The molecule has 1 N–H and O–H groups in total. The molecule has 1 atom stereocenters. The first-order valence-electron chi connectivity index (χ1n) is 6.61. The van der Waals surface area contributed by atoms with Crippen LogP contribution in [0.25, 0.3) is 0 Å². The Morgan fingerprint density at radius 1 is 1.26 bits per heavy atom. The van der Waals surface area contributed by atoms with Gasteiger partial charge in [0.05, 0.1) is 0 Å². The molecule has 2 aliphatic rings. The van der Waals surface area contributed by atoms with Crippen molar-refractivity contribution in [3.05, 3.63) is 0 Å². The molecule has 7 heteroatoms. The Balaban J connectivity index is 1.88. The lowest BCUT2D eigenvalue weighted by molar-refractivity contribution is -0.140. The minimum absolute atomic E-state index is 0.0267. The van der Waals surface area contributed by atoms with E-state index in [0.29, 0.717) is 13.1 Å². The van der Waals surface area contributed by atoms with Crippen molar-refractivity contribution >= 4 is 17.7 Å². The van der Waals surface area contributed by atoms with Crippen molar-refractivity contribution in [3.63, 3.8) is 0 Å². The Kier molecular flexibility index (Phi) is 4.04. The SMILES string of the molecule is CCN1CCN(C(=O)CC2C(=O)NN(C)C2=O)CC1. The summed E-state index contributed by atoms with van der Waals surface area (Å²) in [6, 6.07) is 0. The third-order valence-electron chi connectivity index (χ3n) is 3.77. The quantitative estimate of drug-likeness (QED) is 0.643. The zero-order valence-electron chi connectivity index (χ0n) is 11.4. The van der Waals surface area contributed by atoms with Crippen molar-refractivity contribution in [2.75, 3.05) is 39.8 Å². The number of likely N-dealkylation sites (N-methyl/N-ethyl adjacent to an activating group) is 1. The zero-order valence-corrected chi connectivity index (χ0v) is 11.4. The number of nitrogens with one attached hydrogen (secondary N) is 1. The highest BCUT2D eigenvalue weighted by atomic mass is 16.2. The molecule has 106 valence electrons. The summed E-state index contributed by atoms with van der Waals surface area (Å²) in [6.07, 6.45) is -0.0267. The van der Waals surface area contributed by atoms with E-state index >= 15 is 0 Å². The zero-order chi connectivity index (χ0) is 14.0. The molecule has 0 aromatic rings. The summed E-state index contributed by atoms with van der Waals surface area (Å²) in [7, 11) is 1.49. The number of hydrogen-bond donors (Lipinski definition) is 1. The van der Waals surface area contributed by atoms with Gasteiger partial charge in [0.25, 0.3) is 11.8 Å². The lowest BCUT2D eigenvalue weighted by Gasteiger charge is -2.34. The molecule has 19 heavy (non-hydrogen) atoms. The van der Waals surface area contributed by atoms with Crippen LogP contribution in [0.5, 0.6) is 0 Å². The Bertz CT molecular complexity index is 390.